The highest BCUT2D eigenvalue weighted by molar-refractivity contribution is 7.55. The average molecular weight is 224 g/mol. The number of hydrogen-bond donors (Lipinski definition) is 0. The molecule has 0 spiro atoms. The Labute approximate surface area is 92.5 Å². The van der Waals surface area contributed by atoms with Crippen molar-refractivity contribution in [3.63, 3.8) is 0 Å². The van der Waals surface area contributed by atoms with Gasteiger partial charge in [0.05, 0.1) is 0 Å². The van der Waals surface area contributed by atoms with Crippen molar-refractivity contribution in [2.45, 2.75) is 25.7 Å². The molecule has 0 atom stereocenters. The van der Waals surface area contributed by atoms with Gasteiger partial charge in [-0.25, -0.2) is 0 Å². The lowest BCUT2D eigenvalue weighted by Crippen LogP contribution is -2.10. The van der Waals surface area contributed by atoms with Crippen LogP contribution in [0.5, 0.6) is 0 Å². The van der Waals surface area contributed by atoms with Crippen molar-refractivity contribution < 1.29 is 9.05 Å². The minimum atomic E-state index is -0.867. The van der Waals surface area contributed by atoms with Crippen LogP contribution in [0.1, 0.15) is 24.0 Å². The van der Waals surface area contributed by atoms with Crippen LogP contribution < -0.4 is 5.30 Å². The molecule has 82 valence electrons. The maximum atomic E-state index is 5.32. The van der Waals surface area contributed by atoms with Crippen LogP contribution in [0.4, 0.5) is 0 Å². The summed E-state index contributed by atoms with van der Waals surface area (Å²) in [5, 5.41) is 1.19. The van der Waals surface area contributed by atoms with Crippen molar-refractivity contribution >= 4 is 13.7 Å². The Balaban J connectivity index is 2.27. The molecule has 0 unspecified atom stereocenters. The van der Waals surface area contributed by atoms with E-state index in [1.54, 1.807) is 14.2 Å². The summed E-state index contributed by atoms with van der Waals surface area (Å²) in [6, 6.07) is 6.63. The van der Waals surface area contributed by atoms with Crippen molar-refractivity contribution in [2.24, 2.45) is 0 Å². The maximum absolute atomic E-state index is 5.32. The molecule has 0 amide bonds. The van der Waals surface area contributed by atoms with Gasteiger partial charge in [0.2, 0.25) is 8.38 Å². The Kier molecular flexibility index (Phi) is 3.74. The molecule has 2 rings (SSSR count). The smallest absolute Gasteiger partial charge is 0.204 e. The zero-order valence-electron chi connectivity index (χ0n) is 9.32. The van der Waals surface area contributed by atoms with Gasteiger partial charge in [0.1, 0.15) is 0 Å². The molecule has 0 saturated carbocycles. The standard InChI is InChI=1S/C12H17O2P/c1-13-15(14-2)12-8-7-10-5-3-4-6-11(10)9-12/h7-9H,3-6H2,1-2H3. The molecule has 3 heteroatoms. The van der Waals surface area contributed by atoms with Crippen LogP contribution in [0.15, 0.2) is 18.2 Å². The summed E-state index contributed by atoms with van der Waals surface area (Å²) in [7, 11) is 2.54. The predicted octanol–water partition coefficient (Wildman–Crippen LogP) is 2.80. The molecule has 1 aliphatic carbocycles. The molecule has 15 heavy (non-hydrogen) atoms. The third-order valence-corrected chi connectivity index (χ3v) is 4.24. The Morgan fingerprint density at radius 1 is 1.00 bits per heavy atom. The van der Waals surface area contributed by atoms with E-state index in [4.69, 9.17) is 9.05 Å². The van der Waals surface area contributed by atoms with Crippen molar-refractivity contribution in [3.05, 3.63) is 29.3 Å². The van der Waals surface area contributed by atoms with E-state index in [9.17, 15) is 0 Å². The average Bonchev–Trinajstić information content (AvgIpc) is 2.30. The van der Waals surface area contributed by atoms with Gasteiger partial charge in [0.15, 0.2) is 0 Å². The summed E-state index contributed by atoms with van der Waals surface area (Å²) >= 11 is 0. The largest absolute Gasteiger partial charge is 0.334 e. The molecule has 0 heterocycles. The van der Waals surface area contributed by atoms with Gasteiger partial charge in [0, 0.05) is 19.5 Å². The molecular formula is C12H17O2P. The number of fused-ring (bicyclic) bond motifs is 1. The lowest BCUT2D eigenvalue weighted by molar-refractivity contribution is 0.350. The number of rotatable bonds is 3. The number of aryl methyl sites for hydroxylation is 2. The molecule has 0 saturated heterocycles. The fourth-order valence-electron chi connectivity index (χ4n) is 2.12. The topological polar surface area (TPSA) is 18.5 Å². The van der Waals surface area contributed by atoms with E-state index in [1.165, 1.54) is 42.1 Å². The lowest BCUT2D eigenvalue weighted by Gasteiger charge is -2.18. The van der Waals surface area contributed by atoms with Crippen LogP contribution in [0.2, 0.25) is 0 Å². The molecule has 0 aromatic heterocycles. The Bertz CT molecular complexity index is 334. The summed E-state index contributed by atoms with van der Waals surface area (Å²) in [5.74, 6) is 0. The van der Waals surface area contributed by atoms with Crippen LogP contribution in [-0.4, -0.2) is 14.2 Å². The molecule has 0 aliphatic heterocycles. The summed E-state index contributed by atoms with van der Waals surface area (Å²) in [6.45, 7) is 0. The molecule has 0 fully saturated rings. The molecule has 0 N–H and O–H groups in total. The van der Waals surface area contributed by atoms with E-state index in [1.807, 2.05) is 0 Å². The van der Waals surface area contributed by atoms with E-state index < -0.39 is 8.38 Å². The van der Waals surface area contributed by atoms with Gasteiger partial charge in [-0.3, -0.25) is 0 Å². The first-order chi connectivity index (χ1) is 7.35. The Morgan fingerprint density at radius 2 is 1.67 bits per heavy atom. The third kappa shape index (κ3) is 2.39. The van der Waals surface area contributed by atoms with Gasteiger partial charge in [0.25, 0.3) is 0 Å². The molecule has 1 aromatic rings. The van der Waals surface area contributed by atoms with Gasteiger partial charge in [-0.05, 0) is 48.9 Å². The minimum Gasteiger partial charge on any atom is -0.334 e. The van der Waals surface area contributed by atoms with Crippen molar-refractivity contribution in [2.75, 3.05) is 14.2 Å². The van der Waals surface area contributed by atoms with Crippen LogP contribution in [0.3, 0.4) is 0 Å². The van der Waals surface area contributed by atoms with E-state index in [0.717, 1.165) is 0 Å². The van der Waals surface area contributed by atoms with Crippen molar-refractivity contribution in [1.29, 1.82) is 0 Å². The van der Waals surface area contributed by atoms with E-state index in [0.29, 0.717) is 0 Å². The van der Waals surface area contributed by atoms with Crippen LogP contribution >= 0.6 is 8.38 Å². The third-order valence-electron chi connectivity index (χ3n) is 2.87. The second kappa shape index (κ2) is 5.07. The van der Waals surface area contributed by atoms with Crippen molar-refractivity contribution in [1.82, 2.24) is 0 Å². The first kappa shape index (κ1) is 11.1. The zero-order chi connectivity index (χ0) is 10.7. The predicted molar refractivity (Wildman–Crippen MR) is 63.7 cm³/mol. The Morgan fingerprint density at radius 3 is 2.33 bits per heavy atom. The van der Waals surface area contributed by atoms with Gasteiger partial charge in [-0.1, -0.05) is 6.07 Å². The SMILES string of the molecule is COP(OC)c1ccc2c(c1)CCCC2. The monoisotopic (exact) mass is 224 g/mol. The van der Waals surface area contributed by atoms with Crippen LogP contribution in [0.25, 0.3) is 0 Å². The fourth-order valence-corrected chi connectivity index (χ4v) is 3.15. The first-order valence-corrected chi connectivity index (χ1v) is 6.53. The summed E-state index contributed by atoms with van der Waals surface area (Å²) < 4.78 is 10.6. The summed E-state index contributed by atoms with van der Waals surface area (Å²) in [6.07, 6.45) is 5.08. The quantitative estimate of drug-likeness (QED) is 0.735. The van der Waals surface area contributed by atoms with Crippen LogP contribution in [-0.2, 0) is 21.9 Å². The molecular weight excluding hydrogens is 207 g/mol. The second-order valence-electron chi connectivity index (χ2n) is 3.78. The number of benzene rings is 1. The van der Waals surface area contributed by atoms with Gasteiger partial charge in [-0.2, -0.15) is 0 Å². The van der Waals surface area contributed by atoms with E-state index >= 15 is 0 Å². The molecule has 0 radical (unpaired) electrons. The van der Waals surface area contributed by atoms with E-state index in [-0.39, 0.29) is 0 Å². The van der Waals surface area contributed by atoms with Gasteiger partial charge < -0.3 is 9.05 Å². The van der Waals surface area contributed by atoms with E-state index in [2.05, 4.69) is 18.2 Å². The highest BCUT2D eigenvalue weighted by atomic mass is 31.2. The number of hydrogen-bond acceptors (Lipinski definition) is 2. The molecule has 0 bridgehead atoms. The Hall–Kier alpha value is -0.430. The second-order valence-corrected chi connectivity index (χ2v) is 5.54. The van der Waals surface area contributed by atoms with Crippen LogP contribution in [0, 0.1) is 0 Å². The normalized spacial score (nSPS) is 15.4. The zero-order valence-corrected chi connectivity index (χ0v) is 10.2. The minimum absolute atomic E-state index is 0.867. The first-order valence-electron chi connectivity index (χ1n) is 5.35. The highest BCUT2D eigenvalue weighted by Crippen LogP contribution is 2.35. The maximum Gasteiger partial charge on any atom is 0.204 e. The lowest BCUT2D eigenvalue weighted by atomic mass is 9.92. The highest BCUT2D eigenvalue weighted by Gasteiger charge is 2.14. The van der Waals surface area contributed by atoms with Crippen molar-refractivity contribution in [3.8, 4) is 0 Å². The van der Waals surface area contributed by atoms with Gasteiger partial charge in [-0.15, -0.1) is 0 Å². The fraction of sp³-hybridized carbons (Fsp3) is 0.500. The summed E-state index contributed by atoms with van der Waals surface area (Å²) in [4.78, 5) is 0. The molecule has 1 aromatic carbocycles. The molecule has 1 aliphatic rings. The molecule has 2 nitrogen and oxygen atoms in total. The summed E-state index contributed by atoms with van der Waals surface area (Å²) in [5.41, 5.74) is 2.99. The van der Waals surface area contributed by atoms with Gasteiger partial charge >= 0.3 is 0 Å².